The Labute approximate surface area is 84.5 Å². The van der Waals surface area contributed by atoms with Crippen LogP contribution in [0.5, 0.6) is 0 Å². The topological polar surface area (TPSA) is 20.3 Å². The summed E-state index contributed by atoms with van der Waals surface area (Å²) in [6, 6.07) is 0. The highest BCUT2D eigenvalue weighted by Crippen LogP contribution is 2.52. The summed E-state index contributed by atoms with van der Waals surface area (Å²) in [6.45, 7) is 7.18. The molecule has 2 rings (SSSR count). The summed E-state index contributed by atoms with van der Waals surface area (Å²) >= 11 is 0. The first kappa shape index (κ1) is 9.94. The van der Waals surface area contributed by atoms with Gasteiger partial charge < -0.3 is 4.90 Å². The minimum atomic E-state index is -0.290. The van der Waals surface area contributed by atoms with Gasteiger partial charge in [-0.3, -0.25) is 9.18 Å². The average Bonchev–Trinajstić information content (AvgIpc) is 2.55. The first-order valence-corrected chi connectivity index (χ1v) is 5.30. The van der Waals surface area contributed by atoms with E-state index in [0.717, 1.165) is 13.1 Å². The van der Waals surface area contributed by atoms with E-state index in [9.17, 15) is 9.18 Å². The number of likely N-dealkylation sites (tertiary alicyclic amines) is 1. The lowest BCUT2D eigenvalue weighted by molar-refractivity contribution is -0.139. The second-order valence-corrected chi connectivity index (χ2v) is 5.61. The molecule has 80 valence electrons. The van der Waals surface area contributed by atoms with Gasteiger partial charge in [-0.25, -0.2) is 0 Å². The molecular weight excluding hydrogens is 181 g/mol. The zero-order valence-corrected chi connectivity index (χ0v) is 9.09. The molecule has 0 N–H and O–H groups in total. The quantitative estimate of drug-likeness (QED) is 0.629. The third-order valence-corrected chi connectivity index (χ3v) is 3.48. The molecule has 14 heavy (non-hydrogen) atoms. The fourth-order valence-electron chi connectivity index (χ4n) is 2.52. The predicted octanol–water partition coefficient (Wildman–Crippen LogP) is 1.71. The van der Waals surface area contributed by atoms with E-state index >= 15 is 0 Å². The van der Waals surface area contributed by atoms with Crippen molar-refractivity contribution in [1.29, 1.82) is 0 Å². The highest BCUT2D eigenvalue weighted by molar-refractivity contribution is 5.82. The molecule has 2 nitrogen and oxygen atoms in total. The molecule has 0 aromatic carbocycles. The molecule has 2 atom stereocenters. The normalized spacial score (nSPS) is 35.7. The molecule has 2 fully saturated rings. The lowest BCUT2D eigenvalue weighted by Crippen LogP contribution is -2.39. The van der Waals surface area contributed by atoms with Gasteiger partial charge in [0.05, 0.1) is 6.67 Å². The molecule has 0 bridgehead atoms. The standard InChI is InChI=1S/C11H18FNO/c1-11(2,3)10(14)13-5-8-7(4-12)9(8)6-13/h7-9H,4-6H2,1-3H3. The van der Waals surface area contributed by atoms with Crippen molar-refractivity contribution in [1.82, 2.24) is 4.90 Å². The van der Waals surface area contributed by atoms with E-state index in [-0.39, 0.29) is 23.9 Å². The van der Waals surface area contributed by atoms with Crippen LogP contribution in [0.15, 0.2) is 0 Å². The Morgan fingerprint density at radius 1 is 1.36 bits per heavy atom. The Morgan fingerprint density at radius 3 is 2.21 bits per heavy atom. The Hall–Kier alpha value is -0.600. The number of amides is 1. The molecule has 2 unspecified atom stereocenters. The summed E-state index contributed by atoms with van der Waals surface area (Å²) < 4.78 is 12.4. The van der Waals surface area contributed by atoms with Gasteiger partial charge in [0.1, 0.15) is 0 Å². The van der Waals surface area contributed by atoms with Crippen LogP contribution in [0.2, 0.25) is 0 Å². The van der Waals surface area contributed by atoms with Crippen LogP contribution in [0, 0.1) is 23.2 Å². The fourth-order valence-corrected chi connectivity index (χ4v) is 2.52. The van der Waals surface area contributed by atoms with Crippen molar-refractivity contribution in [3.05, 3.63) is 0 Å². The van der Waals surface area contributed by atoms with Crippen molar-refractivity contribution in [3.8, 4) is 0 Å². The first-order valence-electron chi connectivity index (χ1n) is 5.30. The summed E-state index contributed by atoms with van der Waals surface area (Å²) in [6.07, 6.45) is 0. The summed E-state index contributed by atoms with van der Waals surface area (Å²) in [5.74, 6) is 1.40. The van der Waals surface area contributed by atoms with Gasteiger partial charge >= 0.3 is 0 Å². The van der Waals surface area contributed by atoms with Crippen LogP contribution < -0.4 is 0 Å². The summed E-state index contributed by atoms with van der Waals surface area (Å²) in [7, 11) is 0. The average molecular weight is 199 g/mol. The number of fused-ring (bicyclic) bond motifs is 1. The van der Waals surface area contributed by atoms with Crippen LogP contribution in [-0.4, -0.2) is 30.6 Å². The largest absolute Gasteiger partial charge is 0.342 e. The monoisotopic (exact) mass is 199 g/mol. The van der Waals surface area contributed by atoms with E-state index in [1.165, 1.54) is 0 Å². The van der Waals surface area contributed by atoms with Gasteiger partial charge in [-0.1, -0.05) is 20.8 Å². The number of nitrogens with zero attached hydrogens (tertiary/aromatic N) is 1. The van der Waals surface area contributed by atoms with Crippen LogP contribution in [0.4, 0.5) is 4.39 Å². The molecular formula is C11H18FNO. The fraction of sp³-hybridized carbons (Fsp3) is 0.909. The summed E-state index contributed by atoms with van der Waals surface area (Å²) in [4.78, 5) is 13.8. The zero-order valence-electron chi connectivity index (χ0n) is 9.09. The van der Waals surface area contributed by atoms with E-state index < -0.39 is 0 Å². The number of carbonyl (C=O) groups excluding carboxylic acids is 1. The van der Waals surface area contributed by atoms with Gasteiger partial charge in [-0.15, -0.1) is 0 Å². The number of piperidine rings is 1. The molecule has 1 aliphatic heterocycles. The minimum absolute atomic E-state index is 0.202. The first-order chi connectivity index (χ1) is 6.45. The van der Waals surface area contributed by atoms with Crippen molar-refractivity contribution in [3.63, 3.8) is 0 Å². The van der Waals surface area contributed by atoms with Crippen molar-refractivity contribution in [2.24, 2.45) is 23.2 Å². The second-order valence-electron chi connectivity index (χ2n) is 5.61. The SMILES string of the molecule is CC(C)(C)C(=O)N1CC2C(CF)C2C1. The van der Waals surface area contributed by atoms with Gasteiger partial charge in [-0.2, -0.15) is 0 Å². The number of hydrogen-bond acceptors (Lipinski definition) is 1. The van der Waals surface area contributed by atoms with E-state index in [2.05, 4.69) is 0 Å². The Bertz CT molecular complexity index is 247. The maximum absolute atomic E-state index is 12.4. The molecule has 1 saturated heterocycles. The molecule has 1 saturated carbocycles. The molecule has 0 radical (unpaired) electrons. The minimum Gasteiger partial charge on any atom is -0.342 e. The molecule has 0 aromatic heterocycles. The summed E-state index contributed by atoms with van der Waals surface area (Å²) in [5, 5.41) is 0. The molecule has 3 heteroatoms. The van der Waals surface area contributed by atoms with Gasteiger partial charge in [0.15, 0.2) is 0 Å². The highest BCUT2D eigenvalue weighted by atomic mass is 19.1. The zero-order chi connectivity index (χ0) is 10.5. The Morgan fingerprint density at radius 2 is 1.86 bits per heavy atom. The predicted molar refractivity (Wildman–Crippen MR) is 52.5 cm³/mol. The van der Waals surface area contributed by atoms with Crippen LogP contribution in [0.25, 0.3) is 0 Å². The van der Waals surface area contributed by atoms with Crippen LogP contribution in [-0.2, 0) is 4.79 Å². The maximum atomic E-state index is 12.4. The lowest BCUT2D eigenvalue weighted by Gasteiger charge is -2.27. The Balaban J connectivity index is 1.91. The molecule has 0 spiro atoms. The molecule has 0 aromatic rings. The number of hydrogen-bond donors (Lipinski definition) is 0. The molecule has 1 amide bonds. The van der Waals surface area contributed by atoms with Gasteiger partial charge in [0.2, 0.25) is 5.91 Å². The van der Waals surface area contributed by atoms with Crippen molar-refractivity contribution < 1.29 is 9.18 Å². The number of halogens is 1. The Kier molecular flexibility index (Phi) is 2.09. The van der Waals surface area contributed by atoms with Crippen molar-refractivity contribution >= 4 is 5.91 Å². The van der Waals surface area contributed by atoms with Crippen molar-refractivity contribution in [2.45, 2.75) is 20.8 Å². The maximum Gasteiger partial charge on any atom is 0.227 e. The van der Waals surface area contributed by atoms with Gasteiger partial charge in [0, 0.05) is 18.5 Å². The van der Waals surface area contributed by atoms with E-state index in [1.807, 2.05) is 25.7 Å². The van der Waals surface area contributed by atoms with Crippen LogP contribution >= 0.6 is 0 Å². The smallest absolute Gasteiger partial charge is 0.227 e. The third kappa shape index (κ3) is 1.43. The second kappa shape index (κ2) is 2.94. The third-order valence-electron chi connectivity index (χ3n) is 3.48. The number of carbonyl (C=O) groups is 1. The molecule has 2 aliphatic rings. The number of rotatable bonds is 1. The summed E-state index contributed by atoms with van der Waals surface area (Å²) in [5.41, 5.74) is -0.290. The van der Waals surface area contributed by atoms with Crippen LogP contribution in [0.1, 0.15) is 20.8 Å². The van der Waals surface area contributed by atoms with E-state index in [0.29, 0.717) is 11.8 Å². The molecule has 1 heterocycles. The highest BCUT2D eigenvalue weighted by Gasteiger charge is 2.57. The van der Waals surface area contributed by atoms with E-state index in [1.54, 1.807) is 0 Å². The van der Waals surface area contributed by atoms with Crippen LogP contribution in [0.3, 0.4) is 0 Å². The van der Waals surface area contributed by atoms with Gasteiger partial charge in [-0.05, 0) is 17.8 Å². The lowest BCUT2D eigenvalue weighted by atomic mass is 9.94. The van der Waals surface area contributed by atoms with Crippen molar-refractivity contribution in [2.75, 3.05) is 19.8 Å². The van der Waals surface area contributed by atoms with Gasteiger partial charge in [0.25, 0.3) is 0 Å². The molecule has 1 aliphatic carbocycles. The van der Waals surface area contributed by atoms with E-state index in [4.69, 9.17) is 0 Å². The number of alkyl halides is 1.